The van der Waals surface area contributed by atoms with Crippen molar-refractivity contribution < 1.29 is 17.9 Å². The third kappa shape index (κ3) is 4.03. The molecule has 130 valence electrons. The zero-order chi connectivity index (χ0) is 17.9. The van der Waals surface area contributed by atoms with Crippen molar-refractivity contribution in [3.8, 4) is 5.75 Å². The fraction of sp³-hybridized carbons (Fsp3) is 0.400. The smallest absolute Gasteiger partial charge is 0.451 e. The fourth-order valence-corrected chi connectivity index (χ4v) is 2.20. The minimum atomic E-state index is -4.69. The standard InChI is InChI=1S/C15H18F3N5O/c1-4-9-7-10(5-6-11(9)24-3)8(2)20-14-22-12(15(16,17)18)21-13(19)23-14/h5-8H,4H2,1-3H3,(H3,19,20,21,22,23). The number of nitrogen functional groups attached to an aromatic ring is 1. The van der Waals surface area contributed by atoms with E-state index in [1.165, 1.54) is 0 Å². The van der Waals surface area contributed by atoms with Gasteiger partial charge in [0.25, 0.3) is 0 Å². The van der Waals surface area contributed by atoms with Crippen LogP contribution >= 0.6 is 0 Å². The van der Waals surface area contributed by atoms with Crippen molar-refractivity contribution in [1.82, 2.24) is 15.0 Å². The number of aromatic nitrogens is 3. The van der Waals surface area contributed by atoms with E-state index in [9.17, 15) is 13.2 Å². The van der Waals surface area contributed by atoms with Crippen LogP contribution in [0, 0.1) is 0 Å². The molecular weight excluding hydrogens is 323 g/mol. The number of nitrogens with one attached hydrogen (secondary N) is 1. The first-order valence-electron chi connectivity index (χ1n) is 7.26. The average Bonchev–Trinajstić information content (AvgIpc) is 2.52. The van der Waals surface area contributed by atoms with Gasteiger partial charge >= 0.3 is 6.18 Å². The first kappa shape index (κ1) is 17.8. The lowest BCUT2D eigenvalue weighted by atomic mass is 10.0. The second-order valence-corrected chi connectivity index (χ2v) is 5.13. The molecule has 0 aliphatic carbocycles. The van der Waals surface area contributed by atoms with Gasteiger partial charge in [0.1, 0.15) is 5.75 Å². The summed E-state index contributed by atoms with van der Waals surface area (Å²) in [6, 6.07) is 5.23. The number of nitrogens with zero attached hydrogens (tertiary/aromatic N) is 3. The van der Waals surface area contributed by atoms with Gasteiger partial charge in [-0.1, -0.05) is 19.1 Å². The summed E-state index contributed by atoms with van der Waals surface area (Å²) < 4.78 is 43.5. The first-order chi connectivity index (χ1) is 11.2. The summed E-state index contributed by atoms with van der Waals surface area (Å²) in [5.41, 5.74) is 7.19. The molecule has 9 heteroatoms. The van der Waals surface area contributed by atoms with Gasteiger partial charge in [-0.05, 0) is 30.5 Å². The Bertz CT molecular complexity index is 721. The lowest BCUT2D eigenvalue weighted by Crippen LogP contribution is -2.17. The molecule has 0 bridgehead atoms. The van der Waals surface area contributed by atoms with Crippen LogP contribution in [0.25, 0.3) is 0 Å². The number of ether oxygens (including phenoxy) is 1. The van der Waals surface area contributed by atoms with Gasteiger partial charge in [0.05, 0.1) is 13.2 Å². The maximum absolute atomic E-state index is 12.7. The summed E-state index contributed by atoms with van der Waals surface area (Å²) in [5, 5.41) is 2.82. The molecule has 0 aliphatic rings. The van der Waals surface area contributed by atoms with Crippen LogP contribution in [0.2, 0.25) is 0 Å². The zero-order valence-corrected chi connectivity index (χ0v) is 13.5. The Morgan fingerprint density at radius 1 is 1.25 bits per heavy atom. The third-order valence-electron chi connectivity index (χ3n) is 3.44. The Morgan fingerprint density at radius 2 is 1.96 bits per heavy atom. The number of nitrogens with two attached hydrogens (primary N) is 1. The Morgan fingerprint density at radius 3 is 2.54 bits per heavy atom. The summed E-state index contributed by atoms with van der Waals surface area (Å²) in [7, 11) is 1.59. The molecule has 1 aromatic heterocycles. The van der Waals surface area contributed by atoms with Crippen LogP contribution in [0.1, 0.15) is 36.8 Å². The number of aryl methyl sites for hydroxylation is 1. The number of hydrogen-bond donors (Lipinski definition) is 2. The predicted molar refractivity (Wildman–Crippen MR) is 83.7 cm³/mol. The molecule has 1 atom stereocenters. The number of alkyl halides is 3. The third-order valence-corrected chi connectivity index (χ3v) is 3.44. The van der Waals surface area contributed by atoms with E-state index in [2.05, 4.69) is 20.3 Å². The number of hydrogen-bond acceptors (Lipinski definition) is 6. The van der Waals surface area contributed by atoms with Crippen LogP contribution in [0.3, 0.4) is 0 Å². The van der Waals surface area contributed by atoms with Crippen molar-refractivity contribution in [2.24, 2.45) is 0 Å². The van der Waals surface area contributed by atoms with Crippen molar-refractivity contribution in [2.75, 3.05) is 18.2 Å². The average molecular weight is 341 g/mol. The van der Waals surface area contributed by atoms with Gasteiger partial charge in [0, 0.05) is 0 Å². The minimum Gasteiger partial charge on any atom is -0.496 e. The van der Waals surface area contributed by atoms with Crippen molar-refractivity contribution in [3.05, 3.63) is 35.2 Å². The predicted octanol–water partition coefficient (Wildman–Crippen LogP) is 3.22. The molecular formula is C15H18F3N5O. The molecule has 0 amide bonds. The summed E-state index contributed by atoms with van der Waals surface area (Å²) in [6.45, 7) is 3.77. The molecule has 0 saturated carbocycles. The highest BCUT2D eigenvalue weighted by atomic mass is 19.4. The molecule has 2 aromatic rings. The number of methoxy groups -OCH3 is 1. The SMILES string of the molecule is CCc1cc(C(C)Nc2nc(N)nc(C(F)(F)F)n2)ccc1OC. The quantitative estimate of drug-likeness (QED) is 0.868. The van der Waals surface area contributed by atoms with E-state index >= 15 is 0 Å². The van der Waals surface area contributed by atoms with Gasteiger partial charge in [-0.3, -0.25) is 0 Å². The van der Waals surface area contributed by atoms with Crippen LogP contribution in [-0.4, -0.2) is 22.1 Å². The van der Waals surface area contributed by atoms with Gasteiger partial charge in [-0.2, -0.15) is 28.1 Å². The Balaban J connectivity index is 2.26. The second-order valence-electron chi connectivity index (χ2n) is 5.13. The Kier molecular flexibility index (Phi) is 5.10. The molecule has 2 rings (SSSR count). The highest BCUT2D eigenvalue weighted by Crippen LogP contribution is 2.28. The molecule has 1 aromatic carbocycles. The van der Waals surface area contributed by atoms with Gasteiger partial charge in [0.15, 0.2) is 0 Å². The van der Waals surface area contributed by atoms with Crippen LogP contribution in [-0.2, 0) is 12.6 Å². The molecule has 0 fully saturated rings. The van der Waals surface area contributed by atoms with Gasteiger partial charge in [-0.25, -0.2) is 0 Å². The van der Waals surface area contributed by atoms with Gasteiger partial charge in [-0.15, -0.1) is 0 Å². The topological polar surface area (TPSA) is 86.0 Å². The number of rotatable bonds is 5. The fourth-order valence-electron chi connectivity index (χ4n) is 2.20. The van der Waals surface area contributed by atoms with Crippen LogP contribution in [0.5, 0.6) is 5.75 Å². The molecule has 0 saturated heterocycles. The number of anilines is 2. The molecule has 3 N–H and O–H groups in total. The maximum atomic E-state index is 12.7. The van der Waals surface area contributed by atoms with Crippen LogP contribution in [0.15, 0.2) is 18.2 Å². The first-order valence-corrected chi connectivity index (χ1v) is 7.26. The summed E-state index contributed by atoms with van der Waals surface area (Å²) in [5.74, 6) is -1.28. The van der Waals surface area contributed by atoms with E-state index in [0.29, 0.717) is 0 Å². The van der Waals surface area contributed by atoms with E-state index in [1.807, 2.05) is 25.1 Å². The molecule has 0 radical (unpaired) electrons. The molecule has 6 nitrogen and oxygen atoms in total. The van der Waals surface area contributed by atoms with Gasteiger partial charge < -0.3 is 15.8 Å². The van der Waals surface area contributed by atoms with E-state index < -0.39 is 17.9 Å². The zero-order valence-electron chi connectivity index (χ0n) is 13.5. The highest BCUT2D eigenvalue weighted by molar-refractivity contribution is 5.41. The summed E-state index contributed by atoms with van der Waals surface area (Å²) >= 11 is 0. The lowest BCUT2D eigenvalue weighted by Gasteiger charge is -2.17. The minimum absolute atomic E-state index is 0.226. The molecule has 0 spiro atoms. The highest BCUT2D eigenvalue weighted by Gasteiger charge is 2.35. The van der Waals surface area contributed by atoms with Gasteiger partial charge in [0.2, 0.25) is 17.7 Å². The van der Waals surface area contributed by atoms with E-state index in [-0.39, 0.29) is 12.0 Å². The normalized spacial score (nSPS) is 12.8. The summed E-state index contributed by atoms with van der Waals surface area (Å²) in [4.78, 5) is 10.2. The van der Waals surface area contributed by atoms with Crippen LogP contribution in [0.4, 0.5) is 25.1 Å². The van der Waals surface area contributed by atoms with Crippen molar-refractivity contribution in [2.45, 2.75) is 32.5 Å². The second kappa shape index (κ2) is 6.90. The maximum Gasteiger partial charge on any atom is 0.451 e. The molecule has 24 heavy (non-hydrogen) atoms. The monoisotopic (exact) mass is 341 g/mol. The molecule has 1 heterocycles. The number of halogens is 3. The van der Waals surface area contributed by atoms with Crippen LogP contribution < -0.4 is 15.8 Å². The molecule has 0 aliphatic heterocycles. The number of benzene rings is 1. The molecule has 1 unspecified atom stereocenters. The lowest BCUT2D eigenvalue weighted by molar-refractivity contribution is -0.144. The Hall–Kier alpha value is -2.58. The van der Waals surface area contributed by atoms with E-state index in [0.717, 1.165) is 23.3 Å². The summed E-state index contributed by atoms with van der Waals surface area (Å²) in [6.07, 6.45) is -3.92. The van der Waals surface area contributed by atoms with E-state index in [1.54, 1.807) is 14.0 Å². The van der Waals surface area contributed by atoms with Crippen molar-refractivity contribution in [3.63, 3.8) is 0 Å². The Labute approximate surface area is 137 Å². The largest absolute Gasteiger partial charge is 0.496 e. The van der Waals surface area contributed by atoms with Crippen molar-refractivity contribution >= 4 is 11.9 Å². The van der Waals surface area contributed by atoms with Crippen molar-refractivity contribution in [1.29, 1.82) is 0 Å². The van der Waals surface area contributed by atoms with E-state index in [4.69, 9.17) is 10.5 Å².